The third-order valence-corrected chi connectivity index (χ3v) is 7.49. The standard InChI is InChI=1S/C31H33FN2O3/c1-21(30(35)33-20-22-8-7-13-26(32)18-22)37-27-15-14-23-16-17-34(31(36)25-11-5-6-12-25)29(28(23)19-27)24-9-3-2-4-10-24/h2-4,7-10,13-15,18-19,21,25,29H,5-6,11-12,16-17,20H2,1H3,(H,33,35)/t21-,29+/m1/s1. The molecule has 2 aliphatic rings. The zero-order valence-electron chi connectivity index (χ0n) is 21.2. The first kappa shape index (κ1) is 25.0. The molecular weight excluding hydrogens is 467 g/mol. The summed E-state index contributed by atoms with van der Waals surface area (Å²) in [4.78, 5) is 28.3. The lowest BCUT2D eigenvalue weighted by Crippen LogP contribution is -2.43. The predicted molar refractivity (Wildman–Crippen MR) is 140 cm³/mol. The fourth-order valence-electron chi connectivity index (χ4n) is 5.54. The second-order valence-corrected chi connectivity index (χ2v) is 10.0. The van der Waals surface area contributed by atoms with Gasteiger partial charge in [0.25, 0.3) is 5.91 Å². The van der Waals surface area contributed by atoms with E-state index in [2.05, 4.69) is 23.5 Å². The van der Waals surface area contributed by atoms with Gasteiger partial charge in [-0.1, -0.05) is 61.4 Å². The summed E-state index contributed by atoms with van der Waals surface area (Å²) in [7, 11) is 0. The largest absolute Gasteiger partial charge is 0.481 e. The molecule has 5 rings (SSSR count). The fourth-order valence-corrected chi connectivity index (χ4v) is 5.54. The minimum absolute atomic E-state index is 0.106. The van der Waals surface area contributed by atoms with E-state index < -0.39 is 6.10 Å². The Hall–Kier alpha value is -3.67. The van der Waals surface area contributed by atoms with E-state index in [0.717, 1.165) is 43.2 Å². The summed E-state index contributed by atoms with van der Waals surface area (Å²) in [6, 6.07) is 22.1. The molecule has 2 atom stereocenters. The van der Waals surface area contributed by atoms with Crippen molar-refractivity contribution >= 4 is 11.8 Å². The van der Waals surface area contributed by atoms with Crippen LogP contribution in [-0.2, 0) is 22.6 Å². The molecule has 0 spiro atoms. The van der Waals surface area contributed by atoms with Crippen LogP contribution in [0.5, 0.6) is 5.75 Å². The number of carbonyl (C=O) groups excluding carboxylic acids is 2. The van der Waals surface area contributed by atoms with Crippen LogP contribution in [0.25, 0.3) is 0 Å². The van der Waals surface area contributed by atoms with Gasteiger partial charge < -0.3 is 15.0 Å². The van der Waals surface area contributed by atoms with Crippen molar-refractivity contribution in [3.63, 3.8) is 0 Å². The zero-order chi connectivity index (χ0) is 25.8. The van der Waals surface area contributed by atoms with E-state index in [-0.39, 0.29) is 36.1 Å². The molecule has 3 aromatic carbocycles. The van der Waals surface area contributed by atoms with Gasteiger partial charge in [-0.05, 0) is 72.7 Å². The second-order valence-electron chi connectivity index (χ2n) is 10.0. The molecular formula is C31H33FN2O3. The number of nitrogens with one attached hydrogen (secondary N) is 1. The van der Waals surface area contributed by atoms with Crippen molar-refractivity contribution in [1.29, 1.82) is 0 Å². The van der Waals surface area contributed by atoms with Crippen molar-refractivity contribution < 1.29 is 18.7 Å². The molecule has 0 bridgehead atoms. The summed E-state index contributed by atoms with van der Waals surface area (Å²) in [5.41, 5.74) is 4.01. The molecule has 0 unspecified atom stereocenters. The molecule has 0 radical (unpaired) electrons. The lowest BCUT2D eigenvalue weighted by molar-refractivity contribution is -0.137. The number of benzene rings is 3. The number of ether oxygens (including phenoxy) is 1. The third kappa shape index (κ3) is 5.68. The summed E-state index contributed by atoms with van der Waals surface area (Å²) in [5, 5.41) is 2.81. The normalized spacial score (nSPS) is 18.2. The Labute approximate surface area is 217 Å². The summed E-state index contributed by atoms with van der Waals surface area (Å²) in [5.74, 6) is 0.323. The topological polar surface area (TPSA) is 58.6 Å². The maximum Gasteiger partial charge on any atom is 0.261 e. The Balaban J connectivity index is 1.35. The lowest BCUT2D eigenvalue weighted by atomic mass is 9.87. The van der Waals surface area contributed by atoms with Crippen LogP contribution in [0.1, 0.15) is 60.9 Å². The first-order valence-electron chi connectivity index (χ1n) is 13.2. The first-order valence-corrected chi connectivity index (χ1v) is 13.2. The molecule has 1 N–H and O–H groups in total. The number of fused-ring (bicyclic) bond motifs is 1. The maximum absolute atomic E-state index is 13.6. The van der Waals surface area contributed by atoms with E-state index in [1.807, 2.05) is 35.2 Å². The SMILES string of the molecule is C[C@@H](Oc1ccc2c(c1)[C@H](c1ccccc1)N(C(=O)C1CCCC1)CC2)C(=O)NCc1cccc(F)c1. The summed E-state index contributed by atoms with van der Waals surface area (Å²) in [6.45, 7) is 2.62. The van der Waals surface area contributed by atoms with E-state index >= 15 is 0 Å². The molecule has 3 aromatic rings. The van der Waals surface area contributed by atoms with Crippen molar-refractivity contribution in [2.24, 2.45) is 5.92 Å². The van der Waals surface area contributed by atoms with Crippen LogP contribution in [0.2, 0.25) is 0 Å². The van der Waals surface area contributed by atoms with Gasteiger partial charge in [0, 0.05) is 19.0 Å². The fraction of sp³-hybridized carbons (Fsp3) is 0.355. The molecule has 0 aromatic heterocycles. The Kier molecular flexibility index (Phi) is 7.54. The van der Waals surface area contributed by atoms with Gasteiger partial charge in [0.1, 0.15) is 11.6 Å². The highest BCUT2D eigenvalue weighted by Gasteiger charge is 2.36. The molecule has 1 aliphatic carbocycles. The molecule has 1 aliphatic heterocycles. The highest BCUT2D eigenvalue weighted by molar-refractivity contribution is 5.81. The van der Waals surface area contributed by atoms with Gasteiger partial charge in [0.05, 0.1) is 6.04 Å². The molecule has 6 heteroatoms. The second kappa shape index (κ2) is 11.2. The average Bonchev–Trinajstić information content (AvgIpc) is 3.46. The van der Waals surface area contributed by atoms with Crippen LogP contribution in [0, 0.1) is 11.7 Å². The molecule has 37 heavy (non-hydrogen) atoms. The van der Waals surface area contributed by atoms with E-state index in [0.29, 0.717) is 17.9 Å². The van der Waals surface area contributed by atoms with Crippen LogP contribution >= 0.6 is 0 Å². The lowest BCUT2D eigenvalue weighted by Gasteiger charge is -2.39. The van der Waals surface area contributed by atoms with Crippen molar-refractivity contribution in [1.82, 2.24) is 10.2 Å². The highest BCUT2D eigenvalue weighted by Crippen LogP contribution is 2.39. The maximum atomic E-state index is 13.6. The number of hydrogen-bond donors (Lipinski definition) is 1. The number of halogens is 1. The van der Waals surface area contributed by atoms with Crippen molar-refractivity contribution in [2.45, 2.75) is 57.7 Å². The molecule has 1 heterocycles. The minimum atomic E-state index is -0.735. The minimum Gasteiger partial charge on any atom is -0.481 e. The highest BCUT2D eigenvalue weighted by atomic mass is 19.1. The molecule has 192 valence electrons. The van der Waals surface area contributed by atoms with Crippen LogP contribution in [0.4, 0.5) is 4.39 Å². The van der Waals surface area contributed by atoms with Gasteiger partial charge in [-0.3, -0.25) is 9.59 Å². The van der Waals surface area contributed by atoms with Gasteiger partial charge in [0.15, 0.2) is 6.10 Å². The molecule has 5 nitrogen and oxygen atoms in total. The molecule has 0 saturated heterocycles. The third-order valence-electron chi connectivity index (χ3n) is 7.49. The Morgan fingerprint density at radius 1 is 1.03 bits per heavy atom. The van der Waals surface area contributed by atoms with Crippen molar-refractivity contribution in [2.75, 3.05) is 6.54 Å². The van der Waals surface area contributed by atoms with E-state index in [1.54, 1.807) is 19.1 Å². The van der Waals surface area contributed by atoms with E-state index in [4.69, 9.17) is 4.74 Å². The van der Waals surface area contributed by atoms with Gasteiger partial charge in [-0.25, -0.2) is 4.39 Å². The monoisotopic (exact) mass is 500 g/mol. The van der Waals surface area contributed by atoms with E-state index in [9.17, 15) is 14.0 Å². The average molecular weight is 501 g/mol. The number of nitrogens with zero attached hydrogens (tertiary/aromatic N) is 1. The number of amides is 2. The summed E-state index contributed by atoms with van der Waals surface area (Å²) in [6.07, 6.45) is 4.23. The molecule has 1 saturated carbocycles. The van der Waals surface area contributed by atoms with Gasteiger partial charge in [-0.15, -0.1) is 0 Å². The van der Waals surface area contributed by atoms with Gasteiger partial charge in [0.2, 0.25) is 5.91 Å². The first-order chi connectivity index (χ1) is 18.0. The van der Waals surface area contributed by atoms with E-state index in [1.165, 1.54) is 17.7 Å². The Morgan fingerprint density at radius 3 is 2.57 bits per heavy atom. The van der Waals surface area contributed by atoms with Crippen molar-refractivity contribution in [3.05, 3.63) is 101 Å². The van der Waals surface area contributed by atoms with Crippen LogP contribution < -0.4 is 10.1 Å². The predicted octanol–water partition coefficient (Wildman–Crippen LogP) is 5.57. The quantitative estimate of drug-likeness (QED) is 0.461. The smallest absolute Gasteiger partial charge is 0.261 e. The number of rotatable bonds is 7. The Bertz CT molecular complexity index is 1260. The Morgan fingerprint density at radius 2 is 1.81 bits per heavy atom. The summed E-state index contributed by atoms with van der Waals surface area (Å²) >= 11 is 0. The van der Waals surface area contributed by atoms with Gasteiger partial charge >= 0.3 is 0 Å². The van der Waals surface area contributed by atoms with Crippen molar-refractivity contribution in [3.8, 4) is 5.75 Å². The summed E-state index contributed by atoms with van der Waals surface area (Å²) < 4.78 is 19.5. The zero-order valence-corrected chi connectivity index (χ0v) is 21.2. The van der Waals surface area contributed by atoms with Gasteiger partial charge in [-0.2, -0.15) is 0 Å². The number of hydrogen-bond acceptors (Lipinski definition) is 3. The number of carbonyl (C=O) groups is 2. The van der Waals surface area contributed by atoms with Crippen LogP contribution in [0.3, 0.4) is 0 Å². The van der Waals surface area contributed by atoms with Crippen LogP contribution in [0.15, 0.2) is 72.8 Å². The molecule has 1 fully saturated rings. The molecule has 2 amide bonds. The van der Waals surface area contributed by atoms with Crippen LogP contribution in [-0.4, -0.2) is 29.4 Å².